The highest BCUT2D eigenvalue weighted by atomic mass is 16.4. The minimum absolute atomic E-state index is 0.125. The van der Waals surface area contributed by atoms with Crippen molar-refractivity contribution in [2.24, 2.45) is 0 Å². The van der Waals surface area contributed by atoms with E-state index in [9.17, 15) is 9.59 Å². The Hall–Kier alpha value is -2.88. The zero-order valence-corrected chi connectivity index (χ0v) is 15.1. The molecule has 0 heterocycles. The van der Waals surface area contributed by atoms with Crippen LogP contribution in [0.25, 0.3) is 6.08 Å². The summed E-state index contributed by atoms with van der Waals surface area (Å²) in [7, 11) is 0. The summed E-state index contributed by atoms with van der Waals surface area (Å²) < 4.78 is 0. The number of anilines is 1. The molecule has 2 N–H and O–H groups in total. The van der Waals surface area contributed by atoms with Crippen molar-refractivity contribution in [3.8, 4) is 0 Å². The predicted molar refractivity (Wildman–Crippen MR) is 105 cm³/mol. The van der Waals surface area contributed by atoms with E-state index >= 15 is 0 Å². The third-order valence-electron chi connectivity index (χ3n) is 4.09. The van der Waals surface area contributed by atoms with Crippen LogP contribution in [0.5, 0.6) is 0 Å². The standard InChI is InChI=1S/C22H25NO3/c1-2-3-4-7-17-10-12-18(13-11-17)14-15-21(24)23-20-9-6-5-8-19(20)16-22(25)26/h5-6,8-15H,2-4,7,16H2,1H3,(H,23,24)(H,25,26). The van der Waals surface area contributed by atoms with Gasteiger partial charge in [0.15, 0.2) is 0 Å². The van der Waals surface area contributed by atoms with E-state index in [4.69, 9.17) is 5.11 Å². The quantitative estimate of drug-likeness (QED) is 0.508. The van der Waals surface area contributed by atoms with Gasteiger partial charge in [0.25, 0.3) is 0 Å². The summed E-state index contributed by atoms with van der Waals surface area (Å²) in [5, 5.41) is 11.7. The van der Waals surface area contributed by atoms with Gasteiger partial charge in [-0.3, -0.25) is 9.59 Å². The lowest BCUT2D eigenvalue weighted by Crippen LogP contribution is -2.11. The third-order valence-corrected chi connectivity index (χ3v) is 4.09. The van der Waals surface area contributed by atoms with Crippen molar-refractivity contribution in [2.75, 3.05) is 5.32 Å². The molecule has 136 valence electrons. The molecule has 2 aromatic carbocycles. The number of carbonyl (C=O) groups excluding carboxylic acids is 1. The maximum absolute atomic E-state index is 12.1. The molecule has 0 unspecified atom stereocenters. The van der Waals surface area contributed by atoms with Gasteiger partial charge >= 0.3 is 5.97 Å². The monoisotopic (exact) mass is 351 g/mol. The van der Waals surface area contributed by atoms with Crippen LogP contribution < -0.4 is 5.32 Å². The average molecular weight is 351 g/mol. The number of amides is 1. The smallest absolute Gasteiger partial charge is 0.307 e. The summed E-state index contributed by atoms with van der Waals surface area (Å²) in [5.41, 5.74) is 3.37. The van der Waals surface area contributed by atoms with E-state index in [0.29, 0.717) is 11.3 Å². The van der Waals surface area contributed by atoms with Crippen LogP contribution in [-0.2, 0) is 22.4 Å². The molecule has 1 amide bonds. The van der Waals surface area contributed by atoms with Gasteiger partial charge in [0.2, 0.25) is 5.91 Å². The topological polar surface area (TPSA) is 66.4 Å². The number of carboxylic acid groups (broad SMARTS) is 1. The van der Waals surface area contributed by atoms with Gasteiger partial charge in [-0.25, -0.2) is 0 Å². The van der Waals surface area contributed by atoms with Gasteiger partial charge in [-0.1, -0.05) is 62.2 Å². The Morgan fingerprint density at radius 1 is 1.04 bits per heavy atom. The van der Waals surface area contributed by atoms with Gasteiger partial charge in [0, 0.05) is 11.8 Å². The van der Waals surface area contributed by atoms with E-state index in [-0.39, 0.29) is 12.3 Å². The number of para-hydroxylation sites is 1. The van der Waals surface area contributed by atoms with Crippen LogP contribution in [0.3, 0.4) is 0 Å². The molecule has 0 aromatic heterocycles. The Labute approximate surface area is 154 Å². The Morgan fingerprint density at radius 3 is 2.46 bits per heavy atom. The summed E-state index contributed by atoms with van der Waals surface area (Å²) in [6, 6.07) is 15.1. The minimum Gasteiger partial charge on any atom is -0.481 e. The minimum atomic E-state index is -0.929. The molecule has 0 spiro atoms. The average Bonchev–Trinajstić information content (AvgIpc) is 2.62. The highest BCUT2D eigenvalue weighted by molar-refractivity contribution is 6.02. The van der Waals surface area contributed by atoms with Crippen LogP contribution in [0.1, 0.15) is 42.9 Å². The number of carbonyl (C=O) groups is 2. The number of aliphatic carboxylic acids is 1. The summed E-state index contributed by atoms with van der Waals surface area (Å²) in [6.07, 6.45) is 7.83. The molecule has 0 radical (unpaired) electrons. The summed E-state index contributed by atoms with van der Waals surface area (Å²) in [5.74, 6) is -1.21. The molecule has 0 saturated heterocycles. The van der Waals surface area contributed by atoms with Crippen molar-refractivity contribution >= 4 is 23.6 Å². The molecule has 4 nitrogen and oxygen atoms in total. The fourth-order valence-corrected chi connectivity index (χ4v) is 2.68. The van der Waals surface area contributed by atoms with E-state index in [2.05, 4.69) is 24.4 Å². The van der Waals surface area contributed by atoms with E-state index < -0.39 is 5.97 Å². The Morgan fingerprint density at radius 2 is 1.77 bits per heavy atom. The largest absolute Gasteiger partial charge is 0.481 e. The van der Waals surface area contributed by atoms with Crippen LogP contribution in [0.4, 0.5) is 5.69 Å². The summed E-state index contributed by atoms with van der Waals surface area (Å²) >= 11 is 0. The number of hydrogen-bond acceptors (Lipinski definition) is 2. The second kappa shape index (κ2) is 10.2. The molecule has 0 saturated carbocycles. The zero-order chi connectivity index (χ0) is 18.8. The molecular formula is C22H25NO3. The maximum atomic E-state index is 12.1. The van der Waals surface area contributed by atoms with E-state index in [1.165, 1.54) is 30.9 Å². The molecule has 0 fully saturated rings. The van der Waals surface area contributed by atoms with Crippen molar-refractivity contribution in [1.82, 2.24) is 0 Å². The third kappa shape index (κ3) is 6.55. The van der Waals surface area contributed by atoms with Crippen molar-refractivity contribution in [2.45, 2.75) is 39.0 Å². The predicted octanol–water partition coefficient (Wildman–Crippen LogP) is 4.70. The second-order valence-corrected chi connectivity index (χ2v) is 6.25. The van der Waals surface area contributed by atoms with E-state index in [1.807, 2.05) is 12.1 Å². The molecule has 4 heteroatoms. The summed E-state index contributed by atoms with van der Waals surface area (Å²) in [4.78, 5) is 23.0. The fraction of sp³-hybridized carbons (Fsp3) is 0.273. The number of aryl methyl sites for hydroxylation is 1. The molecular weight excluding hydrogens is 326 g/mol. The van der Waals surface area contributed by atoms with Crippen LogP contribution in [-0.4, -0.2) is 17.0 Å². The van der Waals surface area contributed by atoms with Crippen LogP contribution in [0.2, 0.25) is 0 Å². The number of hydrogen-bond donors (Lipinski definition) is 2. The van der Waals surface area contributed by atoms with Crippen LogP contribution in [0, 0.1) is 0 Å². The Balaban J connectivity index is 1.94. The normalized spacial score (nSPS) is 10.8. The molecule has 2 aromatic rings. The van der Waals surface area contributed by atoms with E-state index in [1.54, 1.807) is 30.3 Å². The van der Waals surface area contributed by atoms with Crippen molar-refractivity contribution in [3.63, 3.8) is 0 Å². The molecule has 0 atom stereocenters. The molecule has 26 heavy (non-hydrogen) atoms. The SMILES string of the molecule is CCCCCc1ccc(C=CC(=O)Nc2ccccc2CC(=O)O)cc1. The lowest BCUT2D eigenvalue weighted by molar-refractivity contribution is -0.136. The van der Waals surface area contributed by atoms with Gasteiger partial charge in [-0.2, -0.15) is 0 Å². The number of nitrogens with one attached hydrogen (secondary N) is 1. The highest BCUT2D eigenvalue weighted by Gasteiger charge is 2.07. The van der Waals surface area contributed by atoms with Gasteiger partial charge in [-0.05, 0) is 41.7 Å². The van der Waals surface area contributed by atoms with Gasteiger partial charge in [0.05, 0.1) is 6.42 Å². The second-order valence-electron chi connectivity index (χ2n) is 6.25. The highest BCUT2D eigenvalue weighted by Crippen LogP contribution is 2.16. The molecule has 0 bridgehead atoms. The van der Waals surface area contributed by atoms with Crippen LogP contribution >= 0.6 is 0 Å². The van der Waals surface area contributed by atoms with E-state index in [0.717, 1.165) is 12.0 Å². The lowest BCUT2D eigenvalue weighted by atomic mass is 10.1. The first kappa shape index (κ1) is 19.4. The van der Waals surface area contributed by atoms with Gasteiger partial charge < -0.3 is 10.4 Å². The van der Waals surface area contributed by atoms with Gasteiger partial charge in [0.1, 0.15) is 0 Å². The first-order chi connectivity index (χ1) is 12.6. The number of rotatable bonds is 9. The first-order valence-electron chi connectivity index (χ1n) is 8.96. The van der Waals surface area contributed by atoms with Crippen molar-refractivity contribution in [3.05, 3.63) is 71.3 Å². The zero-order valence-electron chi connectivity index (χ0n) is 15.1. The van der Waals surface area contributed by atoms with Crippen molar-refractivity contribution < 1.29 is 14.7 Å². The summed E-state index contributed by atoms with van der Waals surface area (Å²) in [6.45, 7) is 2.19. The number of benzene rings is 2. The molecule has 2 rings (SSSR count). The fourth-order valence-electron chi connectivity index (χ4n) is 2.68. The van der Waals surface area contributed by atoms with Crippen LogP contribution in [0.15, 0.2) is 54.6 Å². The Bertz CT molecular complexity index is 763. The Kier molecular flexibility index (Phi) is 7.62. The number of carboxylic acids is 1. The maximum Gasteiger partial charge on any atom is 0.307 e. The van der Waals surface area contributed by atoms with Crippen molar-refractivity contribution in [1.29, 1.82) is 0 Å². The molecule has 0 aliphatic heterocycles. The van der Waals surface area contributed by atoms with Gasteiger partial charge in [-0.15, -0.1) is 0 Å². The molecule has 0 aliphatic carbocycles. The molecule has 0 aliphatic rings. The first-order valence-corrected chi connectivity index (χ1v) is 8.96. The lowest BCUT2D eigenvalue weighted by Gasteiger charge is -2.07. The number of unbranched alkanes of at least 4 members (excludes halogenated alkanes) is 2.